The van der Waals surface area contributed by atoms with Crippen molar-refractivity contribution in [3.63, 3.8) is 0 Å². The largest absolute Gasteiger partial charge is 0.243 e. The number of sulfonamides is 1. The van der Waals surface area contributed by atoms with Crippen LogP contribution in [0.15, 0.2) is 11.0 Å². The third kappa shape index (κ3) is 3.32. The molecule has 0 unspecified atom stereocenters. The molecule has 0 N–H and O–H groups in total. The summed E-state index contributed by atoms with van der Waals surface area (Å²) in [4.78, 5) is 0.334. The number of hydrogen-bond acceptors (Lipinski definition) is 4. The molecule has 1 fully saturated rings. The van der Waals surface area contributed by atoms with Crippen LogP contribution in [-0.4, -0.2) is 45.2 Å². The minimum atomic E-state index is -3.72. The summed E-state index contributed by atoms with van der Waals surface area (Å²) in [5, 5.41) is 0. The second kappa shape index (κ2) is 6.18. The van der Waals surface area contributed by atoms with Gasteiger partial charge >= 0.3 is 0 Å². The summed E-state index contributed by atoms with van der Waals surface area (Å²) < 4.78 is 51.3. The van der Waals surface area contributed by atoms with Crippen LogP contribution in [-0.2, 0) is 19.9 Å². The van der Waals surface area contributed by atoms with Gasteiger partial charge < -0.3 is 0 Å². The molecule has 23 heavy (non-hydrogen) atoms. The highest BCUT2D eigenvalue weighted by Gasteiger charge is 2.39. The number of sulfone groups is 1. The molecule has 0 spiro atoms. The van der Waals surface area contributed by atoms with Crippen molar-refractivity contribution in [3.8, 4) is 0 Å². The number of rotatable bonds is 4. The summed E-state index contributed by atoms with van der Waals surface area (Å²) in [5.74, 6) is -0.0164. The third-order valence-corrected chi connectivity index (χ3v) is 8.84. The van der Waals surface area contributed by atoms with Crippen molar-refractivity contribution in [2.75, 3.05) is 18.1 Å². The number of hydrogen-bond donors (Lipinski definition) is 0. The van der Waals surface area contributed by atoms with E-state index in [-0.39, 0.29) is 18.1 Å². The van der Waals surface area contributed by atoms with Crippen molar-refractivity contribution >= 4 is 19.9 Å². The van der Waals surface area contributed by atoms with E-state index in [1.165, 1.54) is 4.31 Å². The Morgan fingerprint density at radius 3 is 2.04 bits per heavy atom. The highest BCUT2D eigenvalue weighted by atomic mass is 32.2. The van der Waals surface area contributed by atoms with Crippen molar-refractivity contribution in [3.05, 3.63) is 28.3 Å². The summed E-state index contributed by atoms with van der Waals surface area (Å²) in [6, 6.07) is 1.52. The SMILES string of the molecule is CCN([C@@H]1CCS(=O)(=O)C1)S(=O)(=O)c1c(C)c(C)cc(C)c1C. The quantitative estimate of drug-likeness (QED) is 0.825. The minimum absolute atomic E-state index is 0.0640. The van der Waals surface area contributed by atoms with Crippen LogP contribution in [0, 0.1) is 27.7 Å². The lowest BCUT2D eigenvalue weighted by atomic mass is 10.0. The van der Waals surface area contributed by atoms with E-state index in [9.17, 15) is 16.8 Å². The first-order valence-electron chi connectivity index (χ1n) is 7.81. The Labute approximate surface area is 139 Å². The first kappa shape index (κ1) is 18.4. The van der Waals surface area contributed by atoms with Gasteiger partial charge in [-0.2, -0.15) is 4.31 Å². The Balaban J connectivity index is 2.57. The molecule has 1 aliphatic heterocycles. The van der Waals surface area contributed by atoms with E-state index in [0.29, 0.717) is 11.3 Å². The van der Waals surface area contributed by atoms with E-state index in [1.807, 2.05) is 33.8 Å². The van der Waals surface area contributed by atoms with Gasteiger partial charge in [0.1, 0.15) is 0 Å². The highest BCUT2D eigenvalue weighted by Crippen LogP contribution is 2.31. The highest BCUT2D eigenvalue weighted by molar-refractivity contribution is 7.92. The normalized spacial score (nSPS) is 21.0. The van der Waals surface area contributed by atoms with E-state index in [4.69, 9.17) is 0 Å². The van der Waals surface area contributed by atoms with Gasteiger partial charge in [-0.25, -0.2) is 16.8 Å². The molecule has 0 amide bonds. The standard InChI is InChI=1S/C16H25NO4S2/c1-6-17(15-7-8-22(18,19)10-15)23(20,21)16-13(4)11(2)9-12(3)14(16)5/h9,15H,6-8,10H2,1-5H3/t15-/m1/s1. The smallest absolute Gasteiger partial charge is 0.229 e. The predicted molar refractivity (Wildman–Crippen MR) is 92.0 cm³/mol. The van der Waals surface area contributed by atoms with Crippen LogP contribution >= 0.6 is 0 Å². The number of nitrogens with zero attached hydrogens (tertiary/aromatic N) is 1. The van der Waals surface area contributed by atoms with Gasteiger partial charge in [0.05, 0.1) is 16.4 Å². The van der Waals surface area contributed by atoms with Crippen LogP contribution in [0.5, 0.6) is 0 Å². The molecular formula is C16H25NO4S2. The van der Waals surface area contributed by atoms with Gasteiger partial charge in [0.2, 0.25) is 10.0 Å². The minimum Gasteiger partial charge on any atom is -0.229 e. The van der Waals surface area contributed by atoms with Crippen LogP contribution < -0.4 is 0 Å². The Bertz CT molecular complexity index is 800. The topological polar surface area (TPSA) is 71.5 Å². The van der Waals surface area contributed by atoms with Crippen LogP contribution in [0.2, 0.25) is 0 Å². The van der Waals surface area contributed by atoms with Crippen molar-refractivity contribution in [2.45, 2.75) is 52.0 Å². The maximum absolute atomic E-state index is 13.2. The zero-order valence-corrected chi connectivity index (χ0v) is 16.0. The van der Waals surface area contributed by atoms with E-state index in [1.54, 1.807) is 6.92 Å². The number of benzene rings is 1. The molecule has 1 aliphatic rings. The Hall–Kier alpha value is -0.920. The molecule has 5 nitrogen and oxygen atoms in total. The van der Waals surface area contributed by atoms with Crippen molar-refractivity contribution in [1.29, 1.82) is 0 Å². The second-order valence-electron chi connectivity index (χ2n) is 6.35. The van der Waals surface area contributed by atoms with Gasteiger partial charge in [0.15, 0.2) is 9.84 Å². The van der Waals surface area contributed by atoms with Gasteiger partial charge in [-0.3, -0.25) is 0 Å². The van der Waals surface area contributed by atoms with Gasteiger partial charge in [-0.05, 0) is 56.4 Å². The molecule has 0 saturated carbocycles. The average molecular weight is 360 g/mol. The molecule has 0 aliphatic carbocycles. The zero-order chi connectivity index (χ0) is 17.6. The summed E-state index contributed by atoms with van der Waals surface area (Å²) in [6.45, 7) is 9.46. The maximum Gasteiger partial charge on any atom is 0.243 e. The number of aryl methyl sites for hydroxylation is 2. The van der Waals surface area contributed by atoms with Crippen LogP contribution in [0.3, 0.4) is 0 Å². The molecule has 1 saturated heterocycles. The first-order chi connectivity index (χ1) is 10.5. The lowest BCUT2D eigenvalue weighted by Gasteiger charge is -2.28. The average Bonchev–Trinajstić information content (AvgIpc) is 2.77. The molecule has 130 valence electrons. The molecule has 0 aromatic heterocycles. The fraction of sp³-hybridized carbons (Fsp3) is 0.625. The fourth-order valence-electron chi connectivity index (χ4n) is 3.31. The summed E-state index contributed by atoms with van der Waals surface area (Å²) in [5.41, 5.74) is 3.35. The molecule has 1 aromatic carbocycles. The monoisotopic (exact) mass is 359 g/mol. The van der Waals surface area contributed by atoms with Crippen molar-refractivity contribution in [2.24, 2.45) is 0 Å². The van der Waals surface area contributed by atoms with Crippen LogP contribution in [0.1, 0.15) is 35.6 Å². The molecule has 0 bridgehead atoms. The molecule has 2 rings (SSSR count). The van der Waals surface area contributed by atoms with E-state index < -0.39 is 25.9 Å². The Kier molecular flexibility index (Phi) is 4.95. The third-order valence-electron chi connectivity index (χ3n) is 4.79. The van der Waals surface area contributed by atoms with Crippen molar-refractivity contribution < 1.29 is 16.8 Å². The lowest BCUT2D eigenvalue weighted by Crippen LogP contribution is -2.41. The zero-order valence-electron chi connectivity index (χ0n) is 14.4. The molecular weight excluding hydrogens is 334 g/mol. The summed E-state index contributed by atoms with van der Waals surface area (Å²) in [6.07, 6.45) is 0.373. The molecule has 1 atom stereocenters. The molecule has 1 aromatic rings. The molecule has 7 heteroatoms. The van der Waals surface area contributed by atoms with Gasteiger partial charge in [0, 0.05) is 12.6 Å². The Morgan fingerprint density at radius 2 is 1.65 bits per heavy atom. The van der Waals surface area contributed by atoms with Gasteiger partial charge in [-0.15, -0.1) is 0 Å². The summed E-state index contributed by atoms with van der Waals surface area (Å²) >= 11 is 0. The first-order valence-corrected chi connectivity index (χ1v) is 11.1. The van der Waals surface area contributed by atoms with Gasteiger partial charge in [0.25, 0.3) is 0 Å². The van der Waals surface area contributed by atoms with E-state index in [2.05, 4.69) is 0 Å². The maximum atomic E-state index is 13.2. The second-order valence-corrected chi connectivity index (χ2v) is 10.4. The summed E-state index contributed by atoms with van der Waals surface area (Å²) in [7, 11) is -6.86. The molecule has 0 radical (unpaired) electrons. The van der Waals surface area contributed by atoms with E-state index in [0.717, 1.165) is 22.3 Å². The molecule has 1 heterocycles. The van der Waals surface area contributed by atoms with Crippen molar-refractivity contribution in [1.82, 2.24) is 4.31 Å². The van der Waals surface area contributed by atoms with Crippen LogP contribution in [0.4, 0.5) is 0 Å². The van der Waals surface area contributed by atoms with E-state index >= 15 is 0 Å². The van der Waals surface area contributed by atoms with Gasteiger partial charge in [-0.1, -0.05) is 13.0 Å². The van der Waals surface area contributed by atoms with Crippen LogP contribution in [0.25, 0.3) is 0 Å². The Morgan fingerprint density at radius 1 is 1.13 bits per heavy atom. The lowest BCUT2D eigenvalue weighted by molar-refractivity contribution is 0.354. The fourth-order valence-corrected chi connectivity index (χ4v) is 7.38. The predicted octanol–water partition coefficient (Wildman–Crippen LogP) is 2.12.